The van der Waals surface area contributed by atoms with Gasteiger partial charge in [-0.25, -0.2) is 0 Å². The van der Waals surface area contributed by atoms with Crippen LogP contribution in [-0.2, 0) is 0 Å². The van der Waals surface area contributed by atoms with Gasteiger partial charge in [0, 0.05) is 6.42 Å². The van der Waals surface area contributed by atoms with Crippen LogP contribution in [0, 0.1) is 17.2 Å². The van der Waals surface area contributed by atoms with Crippen molar-refractivity contribution in [1.29, 1.82) is 5.26 Å². The molecular formula is C7H11F3N2. The first-order valence-electron chi connectivity index (χ1n) is 3.57. The molecule has 2 N–H and O–H groups in total. The molecule has 2 unspecified atom stereocenters. The van der Waals surface area contributed by atoms with Crippen molar-refractivity contribution >= 4 is 0 Å². The van der Waals surface area contributed by atoms with E-state index in [1.807, 2.05) is 0 Å². The van der Waals surface area contributed by atoms with Crippen LogP contribution in [-0.4, -0.2) is 12.2 Å². The van der Waals surface area contributed by atoms with E-state index in [1.54, 1.807) is 6.07 Å². The molecule has 2 nitrogen and oxygen atoms in total. The highest BCUT2D eigenvalue weighted by molar-refractivity contribution is 4.87. The second-order valence-corrected chi connectivity index (χ2v) is 2.90. The molecule has 0 saturated heterocycles. The second-order valence-electron chi connectivity index (χ2n) is 2.90. The van der Waals surface area contributed by atoms with E-state index in [0.29, 0.717) is 0 Å². The maximum Gasteiger partial charge on any atom is 0.389 e. The van der Waals surface area contributed by atoms with Gasteiger partial charge in [-0.3, -0.25) is 0 Å². The fourth-order valence-corrected chi connectivity index (χ4v) is 0.965. The van der Waals surface area contributed by atoms with E-state index in [9.17, 15) is 13.2 Å². The summed E-state index contributed by atoms with van der Waals surface area (Å²) in [4.78, 5) is 0. The first-order chi connectivity index (χ1) is 5.35. The van der Waals surface area contributed by atoms with Crippen molar-refractivity contribution in [3.63, 3.8) is 0 Å². The summed E-state index contributed by atoms with van der Waals surface area (Å²) < 4.78 is 35.2. The van der Waals surface area contributed by atoms with Gasteiger partial charge in [-0.05, 0) is 12.3 Å². The summed E-state index contributed by atoms with van der Waals surface area (Å²) >= 11 is 0. The molecule has 2 atom stereocenters. The second kappa shape index (κ2) is 4.31. The molecule has 0 rings (SSSR count). The zero-order valence-electron chi connectivity index (χ0n) is 6.73. The average molecular weight is 180 g/mol. The molecular weight excluding hydrogens is 169 g/mol. The van der Waals surface area contributed by atoms with Gasteiger partial charge in [0.2, 0.25) is 0 Å². The van der Waals surface area contributed by atoms with Gasteiger partial charge in [0.25, 0.3) is 0 Å². The van der Waals surface area contributed by atoms with Crippen molar-refractivity contribution in [3.05, 3.63) is 0 Å². The summed E-state index contributed by atoms with van der Waals surface area (Å²) in [5.74, 6) is -0.584. The van der Waals surface area contributed by atoms with E-state index >= 15 is 0 Å². The predicted molar refractivity (Wildman–Crippen MR) is 38.0 cm³/mol. The van der Waals surface area contributed by atoms with Crippen LogP contribution in [0.15, 0.2) is 0 Å². The third kappa shape index (κ3) is 5.98. The molecule has 0 radical (unpaired) electrons. The number of nitriles is 1. The zero-order valence-corrected chi connectivity index (χ0v) is 6.73. The molecule has 5 heteroatoms. The van der Waals surface area contributed by atoms with Crippen LogP contribution in [0.3, 0.4) is 0 Å². The molecule has 0 heterocycles. The predicted octanol–water partition coefficient (Wildman–Crippen LogP) is 1.82. The van der Waals surface area contributed by atoms with Gasteiger partial charge in [0.1, 0.15) is 0 Å². The largest absolute Gasteiger partial charge is 0.389 e. The minimum absolute atomic E-state index is 0.0933. The number of nitrogens with two attached hydrogens (primary N) is 1. The topological polar surface area (TPSA) is 49.8 Å². The van der Waals surface area contributed by atoms with Crippen molar-refractivity contribution in [2.75, 3.05) is 0 Å². The number of halogens is 3. The van der Waals surface area contributed by atoms with Crippen molar-refractivity contribution < 1.29 is 13.2 Å². The van der Waals surface area contributed by atoms with E-state index in [1.165, 1.54) is 6.92 Å². The Labute approximate surface area is 69.2 Å². The minimum atomic E-state index is -4.16. The molecule has 0 aliphatic rings. The minimum Gasteiger partial charge on any atom is -0.316 e. The van der Waals surface area contributed by atoms with E-state index in [-0.39, 0.29) is 6.42 Å². The first kappa shape index (κ1) is 11.2. The molecule has 0 aromatic rings. The summed E-state index contributed by atoms with van der Waals surface area (Å²) in [5.41, 5.74) is 5.16. The van der Waals surface area contributed by atoms with E-state index in [0.717, 1.165) is 0 Å². The molecule has 70 valence electrons. The molecule has 0 aromatic heterocycles. The summed E-state index contributed by atoms with van der Waals surface area (Å²) in [7, 11) is 0. The Kier molecular flexibility index (Phi) is 4.04. The van der Waals surface area contributed by atoms with Gasteiger partial charge < -0.3 is 5.73 Å². The Hall–Kier alpha value is -0.760. The highest BCUT2D eigenvalue weighted by atomic mass is 19.4. The van der Waals surface area contributed by atoms with E-state index < -0.39 is 24.6 Å². The number of hydrogen-bond donors (Lipinski definition) is 1. The maximum absolute atomic E-state index is 11.7. The lowest BCUT2D eigenvalue weighted by Gasteiger charge is -2.14. The summed E-state index contributed by atoms with van der Waals surface area (Å²) in [6.45, 7) is 1.44. The van der Waals surface area contributed by atoms with Gasteiger partial charge in [0.15, 0.2) is 0 Å². The van der Waals surface area contributed by atoms with Crippen LogP contribution < -0.4 is 5.73 Å². The first-order valence-corrected chi connectivity index (χ1v) is 3.57. The zero-order chi connectivity index (χ0) is 9.78. The number of hydrogen-bond acceptors (Lipinski definition) is 2. The lowest BCUT2D eigenvalue weighted by Crippen LogP contribution is -2.23. The molecule has 0 aliphatic heterocycles. The molecule has 0 spiro atoms. The SMILES string of the molecule is CC(CC(N)C#N)CC(F)(F)F. The van der Waals surface area contributed by atoms with Gasteiger partial charge >= 0.3 is 6.18 Å². The van der Waals surface area contributed by atoms with Crippen LogP contribution in [0.2, 0.25) is 0 Å². The summed E-state index contributed by atoms with van der Waals surface area (Å²) in [5, 5.41) is 8.23. The number of alkyl halides is 3. The van der Waals surface area contributed by atoms with Crippen molar-refractivity contribution in [2.45, 2.75) is 32.0 Å². The fraction of sp³-hybridized carbons (Fsp3) is 0.857. The smallest absolute Gasteiger partial charge is 0.316 e. The molecule has 0 amide bonds. The molecule has 0 saturated carbocycles. The van der Waals surface area contributed by atoms with Gasteiger partial charge in [0.05, 0.1) is 12.1 Å². The standard InChI is InChI=1S/C7H11F3N2/c1-5(2-6(12)4-11)3-7(8,9)10/h5-6H,2-3,12H2,1H3. The van der Waals surface area contributed by atoms with Gasteiger partial charge in [-0.15, -0.1) is 0 Å². The molecule has 12 heavy (non-hydrogen) atoms. The lowest BCUT2D eigenvalue weighted by molar-refractivity contribution is -0.143. The maximum atomic E-state index is 11.7. The van der Waals surface area contributed by atoms with Crippen LogP contribution in [0.1, 0.15) is 19.8 Å². The highest BCUT2D eigenvalue weighted by Gasteiger charge is 2.30. The number of rotatable bonds is 3. The van der Waals surface area contributed by atoms with E-state index in [2.05, 4.69) is 0 Å². The van der Waals surface area contributed by atoms with Crippen molar-refractivity contribution in [2.24, 2.45) is 11.7 Å². The summed E-state index contributed by atoms with van der Waals surface area (Å²) in [6.07, 6.45) is -4.94. The quantitative estimate of drug-likeness (QED) is 0.720. The Morgan fingerprint density at radius 2 is 2.00 bits per heavy atom. The van der Waals surface area contributed by atoms with Crippen LogP contribution in [0.25, 0.3) is 0 Å². The average Bonchev–Trinajstić information content (AvgIpc) is 1.82. The molecule has 0 aromatic carbocycles. The fourth-order valence-electron chi connectivity index (χ4n) is 0.965. The third-order valence-corrected chi connectivity index (χ3v) is 1.40. The molecule has 0 aliphatic carbocycles. The van der Waals surface area contributed by atoms with Crippen LogP contribution in [0.5, 0.6) is 0 Å². The van der Waals surface area contributed by atoms with Crippen molar-refractivity contribution in [3.8, 4) is 6.07 Å². The Balaban J connectivity index is 3.76. The Morgan fingerprint density at radius 3 is 2.33 bits per heavy atom. The molecule has 0 bridgehead atoms. The normalized spacial score (nSPS) is 16.7. The Bertz CT molecular complexity index is 170. The van der Waals surface area contributed by atoms with Gasteiger partial charge in [-0.2, -0.15) is 18.4 Å². The van der Waals surface area contributed by atoms with E-state index in [4.69, 9.17) is 11.0 Å². The van der Waals surface area contributed by atoms with Crippen molar-refractivity contribution in [1.82, 2.24) is 0 Å². The monoisotopic (exact) mass is 180 g/mol. The molecule has 0 fully saturated rings. The summed E-state index contributed by atoms with van der Waals surface area (Å²) in [6, 6.07) is 0.903. The van der Waals surface area contributed by atoms with Gasteiger partial charge in [-0.1, -0.05) is 6.92 Å². The van der Waals surface area contributed by atoms with Crippen LogP contribution >= 0.6 is 0 Å². The number of nitrogens with zero attached hydrogens (tertiary/aromatic N) is 1. The highest BCUT2D eigenvalue weighted by Crippen LogP contribution is 2.26. The van der Waals surface area contributed by atoms with Crippen LogP contribution in [0.4, 0.5) is 13.2 Å². The Morgan fingerprint density at radius 1 is 1.50 bits per heavy atom. The lowest BCUT2D eigenvalue weighted by atomic mass is 9.99. The third-order valence-electron chi connectivity index (χ3n) is 1.40.